The Bertz CT molecular complexity index is 956. The Balaban J connectivity index is 1.79. The van der Waals surface area contributed by atoms with E-state index >= 15 is 0 Å². The SMILES string of the molecule is C[C@@H]1NC(=O)[C@@H](Cc2ccccc2)NC(=O)[C@H](CCCCCC(=O)NO)NC(=O)[C@H]2CCCN2C1=O. The zero-order chi connectivity index (χ0) is 26.1. The zero-order valence-electron chi connectivity index (χ0n) is 20.5. The number of unbranched alkanes of at least 4 members (excludes halogenated alkanes) is 2. The van der Waals surface area contributed by atoms with Crippen LogP contribution in [0.3, 0.4) is 0 Å². The molecular formula is C25H35N5O6. The topological polar surface area (TPSA) is 157 Å². The lowest BCUT2D eigenvalue weighted by atomic mass is 10.0. The molecule has 0 spiro atoms. The molecular weight excluding hydrogens is 466 g/mol. The van der Waals surface area contributed by atoms with Crippen LogP contribution in [-0.2, 0) is 30.4 Å². The summed E-state index contributed by atoms with van der Waals surface area (Å²) in [5.41, 5.74) is 2.42. The number of hydroxylamine groups is 1. The second-order valence-electron chi connectivity index (χ2n) is 9.37. The first-order chi connectivity index (χ1) is 17.3. The fourth-order valence-electron chi connectivity index (χ4n) is 4.66. The molecule has 2 fully saturated rings. The molecule has 11 nitrogen and oxygen atoms in total. The number of hydrogen-bond donors (Lipinski definition) is 5. The van der Waals surface area contributed by atoms with E-state index in [0.29, 0.717) is 45.1 Å². The molecule has 5 N–H and O–H groups in total. The van der Waals surface area contributed by atoms with Gasteiger partial charge in [0.1, 0.15) is 24.2 Å². The predicted molar refractivity (Wildman–Crippen MR) is 129 cm³/mol. The number of nitrogens with one attached hydrogen (secondary N) is 4. The largest absolute Gasteiger partial charge is 0.343 e. The van der Waals surface area contributed by atoms with Crippen molar-refractivity contribution in [3.63, 3.8) is 0 Å². The summed E-state index contributed by atoms with van der Waals surface area (Å²) in [6, 6.07) is 5.86. The van der Waals surface area contributed by atoms with E-state index in [2.05, 4.69) is 16.0 Å². The Morgan fingerprint density at radius 2 is 1.67 bits per heavy atom. The summed E-state index contributed by atoms with van der Waals surface area (Å²) >= 11 is 0. The Hall–Kier alpha value is -3.47. The van der Waals surface area contributed by atoms with Crippen molar-refractivity contribution in [3.05, 3.63) is 35.9 Å². The van der Waals surface area contributed by atoms with E-state index < -0.39 is 41.9 Å². The number of carbonyl (C=O) groups is 5. The zero-order valence-corrected chi connectivity index (χ0v) is 20.5. The van der Waals surface area contributed by atoms with Gasteiger partial charge in [-0.25, -0.2) is 5.48 Å². The third kappa shape index (κ3) is 7.27. The average molecular weight is 502 g/mol. The van der Waals surface area contributed by atoms with Crippen LogP contribution in [-0.4, -0.2) is 70.4 Å². The lowest BCUT2D eigenvalue weighted by Crippen LogP contribution is -2.61. The van der Waals surface area contributed by atoms with Crippen LogP contribution < -0.4 is 21.4 Å². The molecule has 5 amide bonds. The van der Waals surface area contributed by atoms with Gasteiger partial charge in [-0.05, 0) is 38.2 Å². The van der Waals surface area contributed by atoms with Gasteiger partial charge in [0.15, 0.2) is 0 Å². The number of benzene rings is 1. The van der Waals surface area contributed by atoms with Crippen LogP contribution in [0.2, 0.25) is 0 Å². The quantitative estimate of drug-likeness (QED) is 0.194. The van der Waals surface area contributed by atoms with E-state index in [1.54, 1.807) is 12.4 Å². The normalized spacial score (nSPS) is 25.1. The van der Waals surface area contributed by atoms with Crippen LogP contribution in [0.25, 0.3) is 0 Å². The first kappa shape index (κ1) is 27.1. The van der Waals surface area contributed by atoms with Crippen molar-refractivity contribution in [1.82, 2.24) is 26.3 Å². The Morgan fingerprint density at radius 1 is 0.972 bits per heavy atom. The monoisotopic (exact) mass is 501 g/mol. The molecule has 0 aliphatic carbocycles. The Kier molecular flexibility index (Phi) is 9.80. The maximum atomic E-state index is 13.3. The first-order valence-corrected chi connectivity index (χ1v) is 12.5. The molecule has 36 heavy (non-hydrogen) atoms. The van der Waals surface area contributed by atoms with Gasteiger partial charge in [0.2, 0.25) is 29.5 Å². The van der Waals surface area contributed by atoms with E-state index in [-0.39, 0.29) is 24.7 Å². The summed E-state index contributed by atoms with van der Waals surface area (Å²) in [6.45, 7) is 1.99. The Morgan fingerprint density at radius 3 is 2.39 bits per heavy atom. The summed E-state index contributed by atoms with van der Waals surface area (Å²) < 4.78 is 0. The predicted octanol–water partition coefficient (Wildman–Crippen LogP) is 0.164. The highest BCUT2D eigenvalue weighted by Gasteiger charge is 2.39. The molecule has 4 atom stereocenters. The van der Waals surface area contributed by atoms with Gasteiger partial charge in [0, 0.05) is 19.4 Å². The number of nitrogens with zero attached hydrogens (tertiary/aromatic N) is 1. The standard InChI is InChI=1S/C25H35N5O6/c1-16-25(35)30-14-8-12-20(30)24(34)27-18(11-6-3-7-13-21(31)29-36)22(32)28-19(23(33)26-16)15-17-9-4-2-5-10-17/h2,4-5,9-10,16,18-20,36H,3,6-8,11-15H2,1H3,(H,26,33)(H,27,34)(H,28,32)(H,29,31)/t16-,18-,19+,20+/m0/s1. The molecule has 0 bridgehead atoms. The third-order valence-corrected chi connectivity index (χ3v) is 6.64. The molecule has 2 heterocycles. The van der Waals surface area contributed by atoms with Gasteiger partial charge >= 0.3 is 0 Å². The molecule has 196 valence electrons. The summed E-state index contributed by atoms with van der Waals surface area (Å²) in [4.78, 5) is 65.3. The van der Waals surface area contributed by atoms with Crippen LogP contribution in [0, 0.1) is 0 Å². The van der Waals surface area contributed by atoms with E-state index in [1.165, 1.54) is 4.90 Å². The molecule has 0 radical (unpaired) electrons. The van der Waals surface area contributed by atoms with Crippen molar-refractivity contribution >= 4 is 29.5 Å². The number of amides is 5. The lowest BCUT2D eigenvalue weighted by Gasteiger charge is -2.31. The van der Waals surface area contributed by atoms with Crippen LogP contribution >= 0.6 is 0 Å². The second kappa shape index (κ2) is 13.0. The van der Waals surface area contributed by atoms with E-state index in [9.17, 15) is 24.0 Å². The molecule has 11 heteroatoms. The van der Waals surface area contributed by atoms with Gasteiger partial charge in [-0.3, -0.25) is 29.2 Å². The summed E-state index contributed by atoms with van der Waals surface area (Å²) in [7, 11) is 0. The summed E-state index contributed by atoms with van der Waals surface area (Å²) in [5, 5.41) is 16.9. The molecule has 0 unspecified atom stereocenters. The molecule has 1 aromatic rings. The van der Waals surface area contributed by atoms with Crippen LogP contribution in [0.5, 0.6) is 0 Å². The molecule has 3 rings (SSSR count). The minimum absolute atomic E-state index is 0.149. The second-order valence-corrected chi connectivity index (χ2v) is 9.37. The van der Waals surface area contributed by atoms with Crippen LogP contribution in [0.15, 0.2) is 30.3 Å². The van der Waals surface area contributed by atoms with Crippen molar-refractivity contribution in [2.75, 3.05) is 6.54 Å². The Labute approximate surface area is 210 Å². The molecule has 1 aromatic carbocycles. The molecule has 2 aliphatic heterocycles. The van der Waals surface area contributed by atoms with Gasteiger partial charge in [-0.15, -0.1) is 0 Å². The van der Waals surface area contributed by atoms with E-state index in [4.69, 9.17) is 5.21 Å². The third-order valence-electron chi connectivity index (χ3n) is 6.64. The van der Waals surface area contributed by atoms with Gasteiger partial charge in [-0.2, -0.15) is 0 Å². The van der Waals surface area contributed by atoms with Crippen LogP contribution in [0.4, 0.5) is 0 Å². The van der Waals surface area contributed by atoms with E-state index in [0.717, 1.165) is 5.56 Å². The smallest absolute Gasteiger partial charge is 0.245 e. The molecule has 0 aromatic heterocycles. The van der Waals surface area contributed by atoms with Gasteiger partial charge in [0.05, 0.1) is 0 Å². The highest BCUT2D eigenvalue weighted by Crippen LogP contribution is 2.20. The lowest BCUT2D eigenvalue weighted by molar-refractivity contribution is -0.143. The number of carbonyl (C=O) groups excluding carboxylic acids is 5. The van der Waals surface area contributed by atoms with Crippen molar-refractivity contribution < 1.29 is 29.2 Å². The first-order valence-electron chi connectivity index (χ1n) is 12.5. The number of hydrogen-bond acceptors (Lipinski definition) is 6. The van der Waals surface area contributed by atoms with E-state index in [1.807, 2.05) is 30.3 Å². The van der Waals surface area contributed by atoms with Gasteiger partial charge < -0.3 is 20.9 Å². The van der Waals surface area contributed by atoms with Crippen molar-refractivity contribution in [1.29, 1.82) is 0 Å². The van der Waals surface area contributed by atoms with Crippen LogP contribution in [0.1, 0.15) is 57.4 Å². The number of fused-ring (bicyclic) bond motifs is 1. The van der Waals surface area contributed by atoms with Crippen molar-refractivity contribution in [2.24, 2.45) is 0 Å². The van der Waals surface area contributed by atoms with Crippen molar-refractivity contribution in [2.45, 2.75) is 82.5 Å². The molecule has 2 saturated heterocycles. The minimum atomic E-state index is -0.934. The van der Waals surface area contributed by atoms with Crippen molar-refractivity contribution in [3.8, 4) is 0 Å². The van der Waals surface area contributed by atoms with Gasteiger partial charge in [0.25, 0.3) is 0 Å². The molecule has 2 aliphatic rings. The maximum absolute atomic E-state index is 13.3. The van der Waals surface area contributed by atoms with Gasteiger partial charge in [-0.1, -0.05) is 43.2 Å². The summed E-state index contributed by atoms with van der Waals surface area (Å²) in [6.07, 6.45) is 3.47. The number of rotatable bonds is 8. The fourth-order valence-corrected chi connectivity index (χ4v) is 4.66. The minimum Gasteiger partial charge on any atom is -0.343 e. The summed E-state index contributed by atoms with van der Waals surface area (Å²) in [5.74, 6) is -2.15. The highest BCUT2D eigenvalue weighted by molar-refractivity contribution is 5.97. The molecule has 0 saturated carbocycles. The average Bonchev–Trinajstić information content (AvgIpc) is 3.36. The fraction of sp³-hybridized carbons (Fsp3) is 0.560. The highest BCUT2D eigenvalue weighted by atomic mass is 16.5. The maximum Gasteiger partial charge on any atom is 0.245 e.